The van der Waals surface area contributed by atoms with E-state index < -0.39 is 0 Å². The summed E-state index contributed by atoms with van der Waals surface area (Å²) in [5, 5.41) is 9.66. The molecule has 5 nitrogen and oxygen atoms in total. The van der Waals surface area contributed by atoms with Crippen molar-refractivity contribution in [1.29, 1.82) is 5.26 Å². The number of hydrogen-bond acceptors (Lipinski definition) is 5. The number of benzene rings is 2. The molecule has 142 valence electrons. The lowest BCUT2D eigenvalue weighted by Crippen LogP contribution is -2.01. The highest BCUT2D eigenvalue weighted by molar-refractivity contribution is 5.81. The smallest absolute Gasteiger partial charge is 0.161 e. The number of pyridine rings is 1. The van der Waals surface area contributed by atoms with E-state index in [-0.39, 0.29) is 5.82 Å². The van der Waals surface area contributed by atoms with Crippen LogP contribution in [-0.4, -0.2) is 18.7 Å². The van der Waals surface area contributed by atoms with Crippen LogP contribution in [0.5, 0.6) is 11.5 Å². The zero-order valence-electron chi connectivity index (χ0n) is 16.5. The Hall–Kier alpha value is -3.52. The van der Waals surface area contributed by atoms with Crippen molar-refractivity contribution in [3.8, 4) is 40.0 Å². The van der Waals surface area contributed by atoms with E-state index in [0.717, 1.165) is 27.9 Å². The van der Waals surface area contributed by atoms with E-state index in [2.05, 4.69) is 29.3 Å². The number of anilines is 1. The van der Waals surface area contributed by atoms with Crippen molar-refractivity contribution in [3.05, 3.63) is 59.2 Å². The number of aryl methyl sites for hydroxylation is 2. The number of nitriles is 1. The molecular weight excluding hydrogens is 350 g/mol. The minimum Gasteiger partial charge on any atom is -0.493 e. The second-order valence-corrected chi connectivity index (χ2v) is 6.54. The molecule has 0 fully saturated rings. The highest BCUT2D eigenvalue weighted by atomic mass is 16.5. The van der Waals surface area contributed by atoms with Crippen molar-refractivity contribution in [1.82, 2.24) is 4.98 Å². The van der Waals surface area contributed by atoms with Gasteiger partial charge in [-0.25, -0.2) is 4.98 Å². The van der Waals surface area contributed by atoms with Crippen molar-refractivity contribution in [2.75, 3.05) is 19.5 Å². The summed E-state index contributed by atoms with van der Waals surface area (Å²) in [5.74, 6) is 1.47. The van der Waals surface area contributed by atoms with Gasteiger partial charge in [-0.15, -0.1) is 0 Å². The van der Waals surface area contributed by atoms with Crippen LogP contribution >= 0.6 is 0 Å². The van der Waals surface area contributed by atoms with Gasteiger partial charge in [-0.1, -0.05) is 23.8 Å². The molecule has 0 aliphatic heterocycles. The van der Waals surface area contributed by atoms with E-state index in [4.69, 9.17) is 15.2 Å². The normalized spacial score (nSPS) is 10.4. The highest BCUT2D eigenvalue weighted by Crippen LogP contribution is 2.37. The second kappa shape index (κ2) is 8.01. The number of hydrogen-bond donors (Lipinski definition) is 1. The molecule has 0 unspecified atom stereocenters. The molecule has 0 spiro atoms. The van der Waals surface area contributed by atoms with Gasteiger partial charge >= 0.3 is 0 Å². The van der Waals surface area contributed by atoms with Gasteiger partial charge in [0.15, 0.2) is 11.5 Å². The fraction of sp³-hybridized carbons (Fsp3) is 0.217. The van der Waals surface area contributed by atoms with Crippen molar-refractivity contribution in [2.24, 2.45) is 0 Å². The van der Waals surface area contributed by atoms with Gasteiger partial charge in [0.05, 0.1) is 19.4 Å². The average molecular weight is 373 g/mol. The van der Waals surface area contributed by atoms with Crippen molar-refractivity contribution >= 4 is 5.82 Å². The molecule has 0 aliphatic carbocycles. The molecule has 0 radical (unpaired) electrons. The Morgan fingerprint density at radius 2 is 1.82 bits per heavy atom. The number of aromatic nitrogens is 1. The predicted molar refractivity (Wildman–Crippen MR) is 111 cm³/mol. The van der Waals surface area contributed by atoms with Crippen molar-refractivity contribution in [2.45, 2.75) is 20.8 Å². The lowest BCUT2D eigenvalue weighted by molar-refractivity contribution is 0.311. The van der Waals surface area contributed by atoms with Crippen LogP contribution in [0.15, 0.2) is 42.5 Å². The summed E-state index contributed by atoms with van der Waals surface area (Å²) in [6.45, 7) is 6.53. The number of nitrogen functional groups attached to an aromatic ring is 1. The Morgan fingerprint density at radius 3 is 2.50 bits per heavy atom. The molecule has 3 aromatic rings. The van der Waals surface area contributed by atoms with Crippen LogP contribution in [0.2, 0.25) is 0 Å². The van der Waals surface area contributed by atoms with E-state index in [9.17, 15) is 5.26 Å². The first-order valence-corrected chi connectivity index (χ1v) is 9.08. The quantitative estimate of drug-likeness (QED) is 0.688. The predicted octanol–water partition coefficient (Wildman–Crippen LogP) is 4.89. The Morgan fingerprint density at radius 1 is 1.04 bits per heavy atom. The van der Waals surface area contributed by atoms with Crippen LogP contribution in [0, 0.1) is 25.2 Å². The number of nitrogens with two attached hydrogens (primary N) is 1. The molecule has 0 atom stereocenters. The first-order chi connectivity index (χ1) is 13.5. The van der Waals surface area contributed by atoms with E-state index in [1.165, 1.54) is 0 Å². The lowest BCUT2D eigenvalue weighted by atomic mass is 9.96. The highest BCUT2D eigenvalue weighted by Gasteiger charge is 2.16. The number of methoxy groups -OCH3 is 1. The Kier molecular flexibility index (Phi) is 5.51. The summed E-state index contributed by atoms with van der Waals surface area (Å²) in [7, 11) is 1.59. The molecule has 0 amide bonds. The molecule has 3 rings (SSSR count). The maximum Gasteiger partial charge on any atom is 0.161 e. The third kappa shape index (κ3) is 3.63. The van der Waals surface area contributed by atoms with Gasteiger partial charge < -0.3 is 15.2 Å². The van der Waals surface area contributed by atoms with Gasteiger partial charge in [-0.3, -0.25) is 0 Å². The number of rotatable bonds is 5. The molecule has 2 aromatic carbocycles. The summed E-state index contributed by atoms with van der Waals surface area (Å²) in [6.07, 6.45) is 0. The monoisotopic (exact) mass is 373 g/mol. The maximum absolute atomic E-state index is 9.66. The van der Waals surface area contributed by atoms with E-state index in [0.29, 0.717) is 29.2 Å². The molecule has 0 saturated heterocycles. The molecule has 1 heterocycles. The Balaban J connectivity index is 2.22. The Bertz CT molecular complexity index is 1070. The largest absolute Gasteiger partial charge is 0.493 e. The summed E-state index contributed by atoms with van der Waals surface area (Å²) in [6, 6.07) is 15.9. The molecule has 2 N–H and O–H groups in total. The fourth-order valence-corrected chi connectivity index (χ4v) is 3.17. The molecular formula is C23H23N3O2. The van der Waals surface area contributed by atoms with Crippen LogP contribution in [0.3, 0.4) is 0 Å². The lowest BCUT2D eigenvalue weighted by Gasteiger charge is -2.14. The van der Waals surface area contributed by atoms with Gasteiger partial charge in [0.25, 0.3) is 0 Å². The third-order valence-corrected chi connectivity index (χ3v) is 4.60. The standard InChI is InChI=1S/C23H23N3O2/c1-5-28-21-9-8-16(11-22(21)27-4)18-12-20(26-23(25)19(18)13-24)17-10-14(2)6-7-15(17)3/h6-12H,5H2,1-4H3,(H2,25,26). The summed E-state index contributed by atoms with van der Waals surface area (Å²) < 4.78 is 11.1. The first kappa shape index (κ1) is 19.2. The first-order valence-electron chi connectivity index (χ1n) is 9.08. The molecule has 0 bridgehead atoms. The molecule has 0 aliphatic rings. The van der Waals surface area contributed by atoms with E-state index in [1.54, 1.807) is 7.11 Å². The summed E-state index contributed by atoms with van der Waals surface area (Å²) in [5.41, 5.74) is 12.0. The minimum atomic E-state index is 0.212. The molecule has 1 aromatic heterocycles. The Labute approximate surface area is 165 Å². The van der Waals surface area contributed by atoms with Crippen molar-refractivity contribution < 1.29 is 9.47 Å². The van der Waals surface area contributed by atoms with Crippen LogP contribution < -0.4 is 15.2 Å². The zero-order chi connectivity index (χ0) is 20.3. The molecule has 5 heteroatoms. The van der Waals surface area contributed by atoms with Crippen LogP contribution in [-0.2, 0) is 0 Å². The topological polar surface area (TPSA) is 81.2 Å². The van der Waals surface area contributed by atoms with Gasteiger partial charge in [-0.2, -0.15) is 5.26 Å². The van der Waals surface area contributed by atoms with Gasteiger partial charge in [0, 0.05) is 11.1 Å². The van der Waals surface area contributed by atoms with E-state index in [1.807, 2.05) is 45.0 Å². The number of nitrogens with zero attached hydrogens (tertiary/aromatic N) is 2. The average Bonchev–Trinajstić information content (AvgIpc) is 2.69. The second-order valence-electron chi connectivity index (χ2n) is 6.54. The number of ether oxygens (including phenoxy) is 2. The third-order valence-electron chi connectivity index (χ3n) is 4.60. The zero-order valence-corrected chi connectivity index (χ0v) is 16.5. The van der Waals surface area contributed by atoms with Crippen LogP contribution in [0.25, 0.3) is 22.4 Å². The molecule has 0 saturated carbocycles. The van der Waals surface area contributed by atoms with Crippen molar-refractivity contribution in [3.63, 3.8) is 0 Å². The minimum absolute atomic E-state index is 0.212. The maximum atomic E-state index is 9.66. The van der Waals surface area contributed by atoms with Crippen LogP contribution in [0.4, 0.5) is 5.82 Å². The van der Waals surface area contributed by atoms with Gasteiger partial charge in [0.1, 0.15) is 17.5 Å². The molecule has 28 heavy (non-hydrogen) atoms. The fourth-order valence-electron chi connectivity index (χ4n) is 3.17. The summed E-state index contributed by atoms with van der Waals surface area (Å²) >= 11 is 0. The summed E-state index contributed by atoms with van der Waals surface area (Å²) in [4.78, 5) is 4.49. The van der Waals surface area contributed by atoms with E-state index >= 15 is 0 Å². The van der Waals surface area contributed by atoms with Crippen LogP contribution in [0.1, 0.15) is 23.6 Å². The van der Waals surface area contributed by atoms with Gasteiger partial charge in [-0.05, 0) is 56.2 Å². The SMILES string of the molecule is CCOc1ccc(-c2cc(-c3cc(C)ccc3C)nc(N)c2C#N)cc1OC. The van der Waals surface area contributed by atoms with Gasteiger partial charge in [0.2, 0.25) is 0 Å².